The topological polar surface area (TPSA) is 68.5 Å². The Morgan fingerprint density at radius 3 is 2.48 bits per heavy atom. The van der Waals surface area contributed by atoms with Crippen molar-refractivity contribution in [2.24, 2.45) is 0 Å². The molecule has 0 aliphatic heterocycles. The van der Waals surface area contributed by atoms with E-state index < -0.39 is 0 Å². The highest BCUT2D eigenvalue weighted by Gasteiger charge is 2.18. The van der Waals surface area contributed by atoms with Gasteiger partial charge in [0.1, 0.15) is 5.75 Å². The molecule has 0 aliphatic rings. The molecule has 6 heteroatoms. The molecule has 0 aliphatic carbocycles. The summed E-state index contributed by atoms with van der Waals surface area (Å²) in [6.07, 6.45) is 0. The van der Waals surface area contributed by atoms with Gasteiger partial charge in [0, 0.05) is 18.7 Å². The highest BCUT2D eigenvalue weighted by atomic mass is 16.5. The van der Waals surface area contributed by atoms with Crippen LogP contribution in [0, 0.1) is 6.92 Å². The average molecular weight is 365 g/mol. The van der Waals surface area contributed by atoms with Gasteiger partial charge in [-0.25, -0.2) is 0 Å². The van der Waals surface area contributed by atoms with Crippen LogP contribution in [-0.4, -0.2) is 34.0 Å². The van der Waals surface area contributed by atoms with Crippen molar-refractivity contribution in [1.29, 1.82) is 0 Å². The normalized spacial score (nSPS) is 10.6. The quantitative estimate of drug-likeness (QED) is 0.630. The van der Waals surface area contributed by atoms with E-state index in [1.54, 1.807) is 17.0 Å². The fourth-order valence-corrected chi connectivity index (χ4v) is 2.72. The third-order valence-corrected chi connectivity index (χ3v) is 4.30. The zero-order chi connectivity index (χ0) is 19.2. The van der Waals surface area contributed by atoms with Crippen molar-refractivity contribution >= 4 is 5.91 Å². The standard InChI is InChI=1S/C21H23N3O3/c1-4-24(5-2)21(25)17-8-6-7-9-18(17)26-14-19-22-20(23-27-19)16-12-10-15(3)11-13-16/h6-13H,4-5,14H2,1-3H3. The number of rotatable bonds is 7. The number of benzene rings is 2. The van der Waals surface area contributed by atoms with Crippen LogP contribution in [-0.2, 0) is 6.61 Å². The molecular weight excluding hydrogens is 342 g/mol. The fraction of sp³-hybridized carbons (Fsp3) is 0.286. The molecule has 0 radical (unpaired) electrons. The Morgan fingerprint density at radius 1 is 1.07 bits per heavy atom. The number of amides is 1. The summed E-state index contributed by atoms with van der Waals surface area (Å²) in [7, 11) is 0. The number of hydrogen-bond acceptors (Lipinski definition) is 5. The number of aryl methyl sites for hydroxylation is 1. The minimum atomic E-state index is -0.0542. The van der Waals surface area contributed by atoms with Crippen LogP contribution in [0.15, 0.2) is 53.1 Å². The Bertz CT molecular complexity index is 899. The van der Waals surface area contributed by atoms with Gasteiger partial charge >= 0.3 is 0 Å². The number of carbonyl (C=O) groups excluding carboxylic acids is 1. The van der Waals surface area contributed by atoms with E-state index in [2.05, 4.69) is 10.1 Å². The zero-order valence-electron chi connectivity index (χ0n) is 15.8. The molecule has 140 valence electrons. The summed E-state index contributed by atoms with van der Waals surface area (Å²) in [6.45, 7) is 7.32. The monoisotopic (exact) mass is 365 g/mol. The molecule has 1 amide bonds. The van der Waals surface area contributed by atoms with E-state index in [4.69, 9.17) is 9.26 Å². The van der Waals surface area contributed by atoms with E-state index in [1.165, 1.54) is 5.56 Å². The fourth-order valence-electron chi connectivity index (χ4n) is 2.72. The molecule has 2 aromatic carbocycles. The Morgan fingerprint density at radius 2 is 1.78 bits per heavy atom. The highest BCUT2D eigenvalue weighted by Crippen LogP contribution is 2.22. The van der Waals surface area contributed by atoms with E-state index in [0.717, 1.165) is 5.56 Å². The van der Waals surface area contributed by atoms with Gasteiger partial charge < -0.3 is 14.2 Å². The molecule has 6 nitrogen and oxygen atoms in total. The molecule has 3 rings (SSSR count). The first-order valence-electron chi connectivity index (χ1n) is 9.03. The van der Waals surface area contributed by atoms with Crippen LogP contribution in [0.25, 0.3) is 11.4 Å². The maximum absolute atomic E-state index is 12.7. The van der Waals surface area contributed by atoms with Gasteiger partial charge in [0.2, 0.25) is 5.82 Å². The van der Waals surface area contributed by atoms with Gasteiger partial charge in [0.15, 0.2) is 6.61 Å². The van der Waals surface area contributed by atoms with E-state index in [0.29, 0.717) is 36.1 Å². The summed E-state index contributed by atoms with van der Waals surface area (Å²) < 4.78 is 11.1. The van der Waals surface area contributed by atoms with E-state index in [1.807, 2.05) is 57.2 Å². The van der Waals surface area contributed by atoms with Crippen LogP contribution in [0.1, 0.15) is 35.7 Å². The van der Waals surface area contributed by atoms with Crippen molar-refractivity contribution in [2.45, 2.75) is 27.4 Å². The third kappa shape index (κ3) is 4.34. The summed E-state index contributed by atoms with van der Waals surface area (Å²) in [5.74, 6) is 1.32. The second kappa shape index (κ2) is 8.49. The van der Waals surface area contributed by atoms with E-state index in [9.17, 15) is 4.79 Å². The number of aromatic nitrogens is 2. The summed E-state index contributed by atoms with van der Waals surface area (Å²) in [5.41, 5.74) is 2.58. The summed E-state index contributed by atoms with van der Waals surface area (Å²) >= 11 is 0. The van der Waals surface area contributed by atoms with Crippen LogP contribution >= 0.6 is 0 Å². The molecule has 0 fully saturated rings. The van der Waals surface area contributed by atoms with Gasteiger partial charge in [-0.1, -0.05) is 47.1 Å². The summed E-state index contributed by atoms with van der Waals surface area (Å²) in [6, 6.07) is 15.1. The number of ether oxygens (including phenoxy) is 1. The van der Waals surface area contributed by atoms with Crippen LogP contribution in [0.2, 0.25) is 0 Å². The van der Waals surface area contributed by atoms with Crippen LogP contribution < -0.4 is 4.74 Å². The largest absolute Gasteiger partial charge is 0.483 e. The first-order valence-corrected chi connectivity index (χ1v) is 9.03. The Kier molecular flexibility index (Phi) is 5.86. The first-order chi connectivity index (χ1) is 13.1. The molecule has 3 aromatic rings. The molecule has 0 unspecified atom stereocenters. The number of carbonyl (C=O) groups is 1. The molecule has 1 aromatic heterocycles. The summed E-state index contributed by atoms with van der Waals surface area (Å²) in [5, 5.41) is 4.00. The lowest BCUT2D eigenvalue weighted by molar-refractivity contribution is 0.0767. The van der Waals surface area contributed by atoms with E-state index in [-0.39, 0.29) is 12.5 Å². The molecule has 0 bridgehead atoms. The predicted molar refractivity (Wildman–Crippen MR) is 102 cm³/mol. The lowest BCUT2D eigenvalue weighted by Crippen LogP contribution is -2.30. The minimum Gasteiger partial charge on any atom is -0.483 e. The molecule has 27 heavy (non-hydrogen) atoms. The number of para-hydroxylation sites is 1. The van der Waals surface area contributed by atoms with Crippen molar-refractivity contribution in [1.82, 2.24) is 15.0 Å². The van der Waals surface area contributed by atoms with Gasteiger partial charge in [-0.15, -0.1) is 0 Å². The van der Waals surface area contributed by atoms with Gasteiger partial charge in [0.05, 0.1) is 5.56 Å². The maximum atomic E-state index is 12.7. The average Bonchev–Trinajstić information content (AvgIpc) is 3.17. The van der Waals surface area contributed by atoms with Gasteiger partial charge in [-0.05, 0) is 32.9 Å². The lowest BCUT2D eigenvalue weighted by Gasteiger charge is -2.20. The predicted octanol–water partition coefficient (Wildman–Crippen LogP) is 4.11. The van der Waals surface area contributed by atoms with Crippen molar-refractivity contribution in [3.63, 3.8) is 0 Å². The van der Waals surface area contributed by atoms with Crippen LogP contribution in [0.4, 0.5) is 0 Å². The number of nitrogens with zero attached hydrogens (tertiary/aromatic N) is 3. The molecule has 0 saturated carbocycles. The Balaban J connectivity index is 1.72. The molecule has 0 spiro atoms. The summed E-state index contributed by atoms with van der Waals surface area (Å²) in [4.78, 5) is 18.8. The van der Waals surface area contributed by atoms with Crippen molar-refractivity contribution in [3.05, 3.63) is 65.5 Å². The smallest absolute Gasteiger partial charge is 0.264 e. The Labute approximate surface area is 158 Å². The van der Waals surface area contributed by atoms with Crippen LogP contribution in [0.3, 0.4) is 0 Å². The Hall–Kier alpha value is -3.15. The second-order valence-electron chi connectivity index (χ2n) is 6.14. The zero-order valence-corrected chi connectivity index (χ0v) is 15.8. The number of hydrogen-bond donors (Lipinski definition) is 0. The molecule has 1 heterocycles. The maximum Gasteiger partial charge on any atom is 0.264 e. The van der Waals surface area contributed by atoms with Crippen LogP contribution in [0.5, 0.6) is 5.75 Å². The molecular formula is C21H23N3O3. The lowest BCUT2D eigenvalue weighted by atomic mass is 10.1. The van der Waals surface area contributed by atoms with Gasteiger partial charge in [-0.2, -0.15) is 4.98 Å². The SMILES string of the molecule is CCN(CC)C(=O)c1ccccc1OCc1nc(-c2ccc(C)cc2)no1. The van der Waals surface area contributed by atoms with Crippen molar-refractivity contribution in [3.8, 4) is 17.1 Å². The second-order valence-corrected chi connectivity index (χ2v) is 6.14. The van der Waals surface area contributed by atoms with Gasteiger partial charge in [0.25, 0.3) is 11.8 Å². The third-order valence-electron chi connectivity index (χ3n) is 4.30. The highest BCUT2D eigenvalue weighted by molar-refractivity contribution is 5.96. The van der Waals surface area contributed by atoms with Crippen molar-refractivity contribution < 1.29 is 14.1 Å². The molecule has 0 atom stereocenters. The van der Waals surface area contributed by atoms with Gasteiger partial charge in [-0.3, -0.25) is 4.79 Å². The molecule has 0 N–H and O–H groups in total. The molecule has 0 saturated heterocycles. The minimum absolute atomic E-state index is 0.0542. The van der Waals surface area contributed by atoms with E-state index >= 15 is 0 Å². The first kappa shape index (κ1) is 18.6. The van der Waals surface area contributed by atoms with Crippen molar-refractivity contribution in [2.75, 3.05) is 13.1 Å².